The van der Waals surface area contributed by atoms with Crippen LogP contribution >= 0.6 is 0 Å². The lowest BCUT2D eigenvalue weighted by molar-refractivity contribution is 0.0691. The summed E-state index contributed by atoms with van der Waals surface area (Å²) in [7, 11) is 0. The molecular weight excluding hydrogens is 448 g/mol. The van der Waals surface area contributed by atoms with Gasteiger partial charge in [0.25, 0.3) is 0 Å². The molecule has 1 N–H and O–H groups in total. The molecule has 0 spiro atoms. The predicted octanol–water partition coefficient (Wildman–Crippen LogP) is 9.60. The molecule has 0 heterocycles. The Labute approximate surface area is 219 Å². The SMILES string of the molecule is CCCCCCCCCCCCCCCCCCOc1ccc(C(=O)O)c(OCc2ccccc2)c1. The van der Waals surface area contributed by atoms with Crippen molar-refractivity contribution in [2.75, 3.05) is 6.61 Å². The number of benzene rings is 2. The van der Waals surface area contributed by atoms with Crippen molar-refractivity contribution in [2.24, 2.45) is 0 Å². The smallest absolute Gasteiger partial charge is 0.339 e. The number of carboxylic acid groups (broad SMARTS) is 1. The predicted molar refractivity (Wildman–Crippen MR) is 149 cm³/mol. The fourth-order valence-corrected chi connectivity index (χ4v) is 4.46. The average Bonchev–Trinajstić information content (AvgIpc) is 2.89. The maximum absolute atomic E-state index is 11.5. The van der Waals surface area contributed by atoms with Gasteiger partial charge in [-0.3, -0.25) is 0 Å². The van der Waals surface area contributed by atoms with Gasteiger partial charge in [-0.05, 0) is 24.1 Å². The lowest BCUT2D eigenvalue weighted by atomic mass is 10.0. The van der Waals surface area contributed by atoms with Crippen LogP contribution in [-0.4, -0.2) is 17.7 Å². The van der Waals surface area contributed by atoms with Gasteiger partial charge in [0.15, 0.2) is 0 Å². The first-order chi connectivity index (χ1) is 17.7. The quantitative estimate of drug-likeness (QED) is 0.165. The molecule has 0 aromatic heterocycles. The minimum atomic E-state index is -0.998. The van der Waals surface area contributed by atoms with E-state index < -0.39 is 5.97 Å². The molecule has 200 valence electrons. The highest BCUT2D eigenvalue weighted by Gasteiger charge is 2.13. The van der Waals surface area contributed by atoms with E-state index in [1.54, 1.807) is 18.2 Å². The van der Waals surface area contributed by atoms with E-state index in [2.05, 4.69) is 6.92 Å². The van der Waals surface area contributed by atoms with Crippen molar-refractivity contribution in [3.63, 3.8) is 0 Å². The molecule has 0 aliphatic rings. The molecule has 0 saturated carbocycles. The summed E-state index contributed by atoms with van der Waals surface area (Å²) in [5, 5.41) is 9.46. The molecule has 0 atom stereocenters. The van der Waals surface area contributed by atoms with Gasteiger partial charge in [-0.15, -0.1) is 0 Å². The number of hydrogen-bond donors (Lipinski definition) is 1. The van der Waals surface area contributed by atoms with E-state index in [1.807, 2.05) is 30.3 Å². The van der Waals surface area contributed by atoms with Crippen LogP contribution in [0.3, 0.4) is 0 Å². The van der Waals surface area contributed by atoms with Crippen molar-refractivity contribution < 1.29 is 19.4 Å². The van der Waals surface area contributed by atoms with Gasteiger partial charge < -0.3 is 14.6 Å². The molecule has 2 aromatic carbocycles. The third-order valence-electron chi connectivity index (χ3n) is 6.69. The zero-order valence-electron chi connectivity index (χ0n) is 22.5. The van der Waals surface area contributed by atoms with Crippen LogP contribution in [0.25, 0.3) is 0 Å². The maximum atomic E-state index is 11.5. The Hall–Kier alpha value is -2.49. The van der Waals surface area contributed by atoms with Gasteiger partial charge in [-0.2, -0.15) is 0 Å². The highest BCUT2D eigenvalue weighted by molar-refractivity contribution is 5.91. The van der Waals surface area contributed by atoms with E-state index >= 15 is 0 Å². The number of rotatable bonds is 22. The molecule has 4 heteroatoms. The molecule has 0 aliphatic heterocycles. The number of unbranched alkanes of at least 4 members (excludes halogenated alkanes) is 15. The average molecular weight is 497 g/mol. The topological polar surface area (TPSA) is 55.8 Å². The molecule has 0 aliphatic carbocycles. The van der Waals surface area contributed by atoms with E-state index in [-0.39, 0.29) is 5.56 Å². The second-order valence-electron chi connectivity index (χ2n) is 9.89. The Balaban J connectivity index is 1.50. The van der Waals surface area contributed by atoms with E-state index in [0.717, 1.165) is 12.0 Å². The van der Waals surface area contributed by atoms with Gasteiger partial charge in [0.05, 0.1) is 6.61 Å². The summed E-state index contributed by atoms with van der Waals surface area (Å²) in [4.78, 5) is 11.5. The Kier molecular flexibility index (Phi) is 16.2. The van der Waals surface area contributed by atoms with E-state index in [9.17, 15) is 9.90 Å². The summed E-state index contributed by atoms with van der Waals surface area (Å²) in [5.41, 5.74) is 1.15. The number of aromatic carboxylic acids is 1. The van der Waals surface area contributed by atoms with E-state index in [0.29, 0.717) is 24.7 Å². The zero-order valence-corrected chi connectivity index (χ0v) is 22.5. The first-order valence-electron chi connectivity index (χ1n) is 14.4. The van der Waals surface area contributed by atoms with Crippen LogP contribution in [0.1, 0.15) is 126 Å². The molecule has 0 fully saturated rings. The van der Waals surface area contributed by atoms with Crippen molar-refractivity contribution in [3.8, 4) is 11.5 Å². The molecule has 0 amide bonds. The maximum Gasteiger partial charge on any atom is 0.339 e. The second kappa shape index (κ2) is 19.7. The molecule has 2 rings (SSSR count). The normalized spacial score (nSPS) is 10.9. The molecule has 36 heavy (non-hydrogen) atoms. The van der Waals surface area contributed by atoms with Crippen LogP contribution in [0, 0.1) is 0 Å². The van der Waals surface area contributed by atoms with Crippen molar-refractivity contribution in [3.05, 3.63) is 59.7 Å². The van der Waals surface area contributed by atoms with Gasteiger partial charge >= 0.3 is 5.97 Å². The summed E-state index contributed by atoms with van der Waals surface area (Å²) in [5.74, 6) is 0.00210. The van der Waals surface area contributed by atoms with Crippen molar-refractivity contribution in [2.45, 2.75) is 116 Å². The van der Waals surface area contributed by atoms with Crippen LogP contribution in [0.5, 0.6) is 11.5 Å². The fraction of sp³-hybridized carbons (Fsp3) is 0.594. The first-order valence-corrected chi connectivity index (χ1v) is 14.4. The van der Waals surface area contributed by atoms with Gasteiger partial charge in [0, 0.05) is 6.07 Å². The highest BCUT2D eigenvalue weighted by Crippen LogP contribution is 2.26. The molecule has 0 saturated heterocycles. The summed E-state index contributed by atoms with van der Waals surface area (Å²) >= 11 is 0. The third kappa shape index (κ3) is 13.6. The summed E-state index contributed by atoms with van der Waals surface area (Å²) in [6.07, 6.45) is 21.5. The summed E-state index contributed by atoms with van der Waals surface area (Å²) in [6.45, 7) is 3.24. The minimum Gasteiger partial charge on any atom is -0.493 e. The van der Waals surface area contributed by atoms with Crippen LogP contribution in [0.15, 0.2) is 48.5 Å². The number of carboxylic acids is 1. The Morgan fingerprint density at radius 1 is 0.667 bits per heavy atom. The van der Waals surface area contributed by atoms with Crippen LogP contribution in [0.2, 0.25) is 0 Å². The summed E-state index contributed by atoms with van der Waals surface area (Å²) < 4.78 is 11.7. The van der Waals surface area contributed by atoms with E-state index in [1.165, 1.54) is 96.3 Å². The zero-order chi connectivity index (χ0) is 25.7. The molecule has 0 bridgehead atoms. The van der Waals surface area contributed by atoms with Crippen LogP contribution < -0.4 is 9.47 Å². The molecule has 0 unspecified atom stereocenters. The van der Waals surface area contributed by atoms with Gasteiger partial charge in [-0.1, -0.05) is 134 Å². The van der Waals surface area contributed by atoms with Gasteiger partial charge in [0.2, 0.25) is 0 Å². The fourth-order valence-electron chi connectivity index (χ4n) is 4.46. The van der Waals surface area contributed by atoms with Crippen molar-refractivity contribution in [1.82, 2.24) is 0 Å². The van der Waals surface area contributed by atoms with Gasteiger partial charge in [0.1, 0.15) is 23.7 Å². The largest absolute Gasteiger partial charge is 0.493 e. The lowest BCUT2D eigenvalue weighted by Gasteiger charge is -2.12. The lowest BCUT2D eigenvalue weighted by Crippen LogP contribution is -2.05. The molecule has 2 aromatic rings. The minimum absolute atomic E-state index is 0.153. The Bertz CT molecular complexity index is 818. The number of hydrogen-bond acceptors (Lipinski definition) is 3. The second-order valence-corrected chi connectivity index (χ2v) is 9.89. The standard InChI is InChI=1S/C32H48O4/c1-2-3-4-5-6-7-8-9-10-11-12-13-14-15-16-20-25-35-29-23-24-30(32(33)34)31(26-29)36-27-28-21-18-17-19-22-28/h17-19,21-24,26H,2-16,20,25,27H2,1H3,(H,33,34). The van der Waals surface area contributed by atoms with Gasteiger partial charge in [-0.25, -0.2) is 4.79 Å². The summed E-state index contributed by atoms with van der Waals surface area (Å²) in [6, 6.07) is 14.7. The van der Waals surface area contributed by atoms with Crippen molar-refractivity contribution in [1.29, 1.82) is 0 Å². The monoisotopic (exact) mass is 496 g/mol. The molecule has 4 nitrogen and oxygen atoms in total. The van der Waals surface area contributed by atoms with Crippen LogP contribution in [0.4, 0.5) is 0 Å². The van der Waals surface area contributed by atoms with E-state index in [4.69, 9.17) is 9.47 Å². The number of ether oxygens (including phenoxy) is 2. The van der Waals surface area contributed by atoms with Crippen molar-refractivity contribution >= 4 is 5.97 Å². The third-order valence-corrected chi connectivity index (χ3v) is 6.69. The van der Waals surface area contributed by atoms with Crippen LogP contribution in [-0.2, 0) is 6.61 Å². The molecule has 0 radical (unpaired) electrons. The first kappa shape index (κ1) is 29.7. The Morgan fingerprint density at radius 2 is 1.19 bits per heavy atom. The Morgan fingerprint density at radius 3 is 1.72 bits per heavy atom. The highest BCUT2D eigenvalue weighted by atomic mass is 16.5. The number of carbonyl (C=O) groups is 1. The molecular formula is C32H48O4.